The molecular formula is C15H24N4O3S. The van der Waals surface area contributed by atoms with Gasteiger partial charge in [0.15, 0.2) is 9.84 Å². The van der Waals surface area contributed by atoms with Gasteiger partial charge >= 0.3 is 0 Å². The van der Waals surface area contributed by atoms with Crippen LogP contribution in [0.4, 0.5) is 0 Å². The van der Waals surface area contributed by atoms with Gasteiger partial charge in [0, 0.05) is 25.4 Å². The van der Waals surface area contributed by atoms with Crippen LogP contribution in [-0.4, -0.2) is 46.1 Å². The predicted octanol–water partition coefficient (Wildman–Crippen LogP) is 0.765. The molecule has 0 unspecified atom stereocenters. The standard InChI is InChI=1S/C15H24N4O3S/c1-11-17-18-14-7-6-12(10-19(11)14)16-15(20)8-9-23(21,22)13-4-2-3-5-13/h12-13H,2-10H2,1H3,(H,16,20)/t12-/m0/s1. The Labute approximate surface area is 136 Å². The number of nitrogens with one attached hydrogen (secondary N) is 1. The van der Waals surface area contributed by atoms with Gasteiger partial charge in [0.25, 0.3) is 0 Å². The molecule has 1 fully saturated rings. The van der Waals surface area contributed by atoms with E-state index in [1.807, 2.05) is 11.5 Å². The maximum Gasteiger partial charge on any atom is 0.221 e. The molecule has 2 aliphatic rings. The van der Waals surface area contributed by atoms with Gasteiger partial charge in [0.05, 0.1) is 11.0 Å². The van der Waals surface area contributed by atoms with E-state index >= 15 is 0 Å². The lowest BCUT2D eigenvalue weighted by atomic mass is 10.1. The van der Waals surface area contributed by atoms with Crippen molar-refractivity contribution < 1.29 is 13.2 Å². The summed E-state index contributed by atoms with van der Waals surface area (Å²) in [6, 6.07) is 0.0267. The monoisotopic (exact) mass is 340 g/mol. The van der Waals surface area contributed by atoms with E-state index in [1.54, 1.807) is 0 Å². The molecule has 1 aliphatic heterocycles. The third kappa shape index (κ3) is 3.73. The van der Waals surface area contributed by atoms with E-state index in [9.17, 15) is 13.2 Å². The van der Waals surface area contributed by atoms with Gasteiger partial charge in [-0.15, -0.1) is 10.2 Å². The Bertz CT molecular complexity index is 677. The van der Waals surface area contributed by atoms with E-state index in [0.29, 0.717) is 6.54 Å². The third-order valence-electron chi connectivity index (χ3n) is 4.92. The van der Waals surface area contributed by atoms with Crippen LogP contribution in [0.5, 0.6) is 0 Å². The van der Waals surface area contributed by atoms with Crippen molar-refractivity contribution in [2.45, 2.75) is 69.7 Å². The molecule has 1 atom stereocenters. The molecule has 1 aliphatic carbocycles. The number of aromatic nitrogens is 3. The largest absolute Gasteiger partial charge is 0.352 e. The van der Waals surface area contributed by atoms with Gasteiger partial charge in [0.2, 0.25) is 5.91 Å². The molecule has 1 saturated carbocycles. The van der Waals surface area contributed by atoms with Gasteiger partial charge in [-0.1, -0.05) is 12.8 Å². The molecule has 0 radical (unpaired) electrons. The summed E-state index contributed by atoms with van der Waals surface area (Å²) in [6.07, 6.45) is 5.14. The van der Waals surface area contributed by atoms with E-state index in [0.717, 1.165) is 50.2 Å². The lowest BCUT2D eigenvalue weighted by Crippen LogP contribution is -2.42. The van der Waals surface area contributed by atoms with Crippen molar-refractivity contribution in [2.75, 3.05) is 5.75 Å². The Hall–Kier alpha value is -1.44. The number of carbonyl (C=O) groups is 1. The van der Waals surface area contributed by atoms with E-state index in [2.05, 4.69) is 15.5 Å². The molecule has 0 bridgehead atoms. The van der Waals surface area contributed by atoms with Crippen molar-refractivity contribution in [1.29, 1.82) is 0 Å². The molecule has 128 valence electrons. The first kappa shape index (κ1) is 16.4. The lowest BCUT2D eigenvalue weighted by molar-refractivity contribution is -0.121. The molecule has 0 spiro atoms. The highest BCUT2D eigenvalue weighted by Crippen LogP contribution is 2.25. The van der Waals surface area contributed by atoms with Crippen LogP contribution < -0.4 is 5.32 Å². The quantitative estimate of drug-likeness (QED) is 0.854. The summed E-state index contributed by atoms with van der Waals surface area (Å²) in [6.45, 7) is 2.56. The summed E-state index contributed by atoms with van der Waals surface area (Å²) in [4.78, 5) is 12.1. The van der Waals surface area contributed by atoms with Crippen molar-refractivity contribution in [1.82, 2.24) is 20.1 Å². The number of amides is 1. The summed E-state index contributed by atoms with van der Waals surface area (Å²) >= 11 is 0. The highest BCUT2D eigenvalue weighted by Gasteiger charge is 2.29. The highest BCUT2D eigenvalue weighted by molar-refractivity contribution is 7.92. The predicted molar refractivity (Wildman–Crippen MR) is 85.7 cm³/mol. The van der Waals surface area contributed by atoms with Crippen LogP contribution in [0, 0.1) is 6.92 Å². The van der Waals surface area contributed by atoms with Crippen molar-refractivity contribution >= 4 is 15.7 Å². The fourth-order valence-electron chi connectivity index (χ4n) is 3.53. The zero-order chi connectivity index (χ0) is 16.4. The normalized spacial score (nSPS) is 22.0. The molecule has 1 aromatic rings. The van der Waals surface area contributed by atoms with Gasteiger partial charge in [-0.05, 0) is 26.2 Å². The second-order valence-electron chi connectivity index (χ2n) is 6.60. The van der Waals surface area contributed by atoms with Gasteiger partial charge in [-0.25, -0.2) is 8.42 Å². The zero-order valence-electron chi connectivity index (χ0n) is 13.5. The number of sulfone groups is 1. The summed E-state index contributed by atoms with van der Waals surface area (Å²) in [7, 11) is -3.13. The van der Waals surface area contributed by atoms with Gasteiger partial charge in [0.1, 0.15) is 11.6 Å². The number of carbonyl (C=O) groups excluding carboxylic acids is 1. The molecular weight excluding hydrogens is 316 g/mol. The first-order chi connectivity index (χ1) is 11.0. The lowest BCUT2D eigenvalue weighted by Gasteiger charge is -2.25. The van der Waals surface area contributed by atoms with E-state index in [4.69, 9.17) is 0 Å². The third-order valence-corrected chi connectivity index (χ3v) is 7.18. The maximum atomic E-state index is 12.2. The fourth-order valence-corrected chi connectivity index (χ4v) is 5.38. The smallest absolute Gasteiger partial charge is 0.221 e. The number of fused-ring (bicyclic) bond motifs is 1. The molecule has 3 rings (SSSR count). The Morgan fingerprint density at radius 1 is 1.26 bits per heavy atom. The van der Waals surface area contributed by atoms with Gasteiger partial charge in [-0.2, -0.15) is 0 Å². The number of rotatable bonds is 5. The Balaban J connectivity index is 1.49. The van der Waals surface area contributed by atoms with Crippen LogP contribution >= 0.6 is 0 Å². The van der Waals surface area contributed by atoms with Crippen LogP contribution in [0.3, 0.4) is 0 Å². The number of hydrogen-bond acceptors (Lipinski definition) is 5. The second kappa shape index (κ2) is 6.59. The maximum absolute atomic E-state index is 12.2. The fraction of sp³-hybridized carbons (Fsp3) is 0.800. The summed E-state index contributed by atoms with van der Waals surface area (Å²) < 4.78 is 26.4. The second-order valence-corrected chi connectivity index (χ2v) is 9.00. The Morgan fingerprint density at radius 2 is 2.00 bits per heavy atom. The summed E-state index contributed by atoms with van der Waals surface area (Å²) in [5.41, 5.74) is 0. The highest BCUT2D eigenvalue weighted by atomic mass is 32.2. The van der Waals surface area contributed by atoms with Gasteiger partial charge in [-0.3, -0.25) is 4.79 Å². The molecule has 8 heteroatoms. The molecule has 2 heterocycles. The van der Waals surface area contributed by atoms with Crippen LogP contribution in [0.25, 0.3) is 0 Å². The molecule has 1 amide bonds. The number of hydrogen-bond donors (Lipinski definition) is 1. The molecule has 0 saturated heterocycles. The van der Waals surface area contributed by atoms with Crippen LogP contribution in [0.2, 0.25) is 0 Å². The Kier molecular flexibility index (Phi) is 4.70. The van der Waals surface area contributed by atoms with Crippen molar-refractivity contribution in [3.63, 3.8) is 0 Å². The van der Waals surface area contributed by atoms with Crippen LogP contribution in [-0.2, 0) is 27.6 Å². The van der Waals surface area contributed by atoms with Crippen molar-refractivity contribution in [3.05, 3.63) is 11.6 Å². The zero-order valence-corrected chi connectivity index (χ0v) is 14.3. The van der Waals surface area contributed by atoms with Crippen molar-refractivity contribution in [3.8, 4) is 0 Å². The molecule has 1 N–H and O–H groups in total. The minimum atomic E-state index is -3.13. The summed E-state index contributed by atoms with van der Waals surface area (Å²) in [5, 5.41) is 10.9. The molecule has 23 heavy (non-hydrogen) atoms. The van der Waals surface area contributed by atoms with Crippen LogP contribution in [0.1, 0.15) is 50.2 Å². The molecule has 0 aromatic carbocycles. The summed E-state index contributed by atoms with van der Waals surface area (Å²) in [5.74, 6) is 1.60. The topological polar surface area (TPSA) is 93.9 Å². The SMILES string of the molecule is Cc1nnc2n1C[C@@H](NC(=O)CCS(=O)(=O)C1CCCC1)CC2. The van der Waals surface area contributed by atoms with Crippen molar-refractivity contribution in [2.24, 2.45) is 0 Å². The average molecular weight is 340 g/mol. The van der Waals surface area contributed by atoms with E-state index in [-0.39, 0.29) is 29.4 Å². The molecule has 7 nitrogen and oxygen atoms in total. The minimum absolute atomic E-state index is 0.0267. The minimum Gasteiger partial charge on any atom is -0.352 e. The first-order valence-corrected chi connectivity index (χ1v) is 10.1. The Morgan fingerprint density at radius 3 is 2.74 bits per heavy atom. The number of aryl methyl sites for hydroxylation is 2. The van der Waals surface area contributed by atoms with Gasteiger partial charge < -0.3 is 9.88 Å². The first-order valence-electron chi connectivity index (χ1n) is 8.35. The molecule has 1 aromatic heterocycles. The van der Waals surface area contributed by atoms with E-state index < -0.39 is 9.84 Å². The van der Waals surface area contributed by atoms with Crippen LogP contribution in [0.15, 0.2) is 0 Å². The number of nitrogens with zero attached hydrogens (tertiary/aromatic N) is 3. The average Bonchev–Trinajstić information content (AvgIpc) is 3.17. The van der Waals surface area contributed by atoms with E-state index in [1.165, 1.54) is 0 Å².